The van der Waals surface area contributed by atoms with Crippen molar-refractivity contribution in [2.45, 2.75) is 37.2 Å². The molecular formula is C20H21FN2O4S. The van der Waals surface area contributed by atoms with E-state index in [2.05, 4.69) is 4.72 Å². The predicted octanol–water partition coefficient (Wildman–Crippen LogP) is 3.00. The van der Waals surface area contributed by atoms with Crippen molar-refractivity contribution in [3.63, 3.8) is 0 Å². The zero-order valence-electron chi connectivity index (χ0n) is 15.4. The van der Waals surface area contributed by atoms with Crippen LogP contribution in [0.5, 0.6) is 0 Å². The summed E-state index contributed by atoms with van der Waals surface area (Å²) >= 11 is 0. The topological polar surface area (TPSA) is 75.7 Å². The minimum absolute atomic E-state index is 0.00193. The molecule has 4 rings (SSSR count). The number of nitrogens with one attached hydrogen (secondary N) is 1. The number of halogens is 1. The molecule has 0 bridgehead atoms. The quantitative estimate of drug-likeness (QED) is 0.850. The Hall–Kier alpha value is -2.45. The van der Waals surface area contributed by atoms with E-state index in [1.54, 1.807) is 23.1 Å². The average molecular weight is 404 g/mol. The number of nitrogens with zero attached hydrogens (tertiary/aromatic N) is 1. The Bertz CT molecular complexity index is 1030. The molecule has 6 nitrogen and oxygen atoms in total. The van der Waals surface area contributed by atoms with E-state index in [-0.39, 0.29) is 22.5 Å². The lowest BCUT2D eigenvalue weighted by atomic mass is 10.1. The number of fused-ring (bicyclic) bond motifs is 1. The maximum atomic E-state index is 13.4. The van der Waals surface area contributed by atoms with E-state index in [0.29, 0.717) is 25.3 Å². The van der Waals surface area contributed by atoms with Crippen LogP contribution in [-0.2, 0) is 26.0 Å². The molecule has 2 heterocycles. The number of anilines is 2. The molecule has 1 atom stereocenters. The summed E-state index contributed by atoms with van der Waals surface area (Å²) in [4.78, 5) is 14.3. The van der Waals surface area contributed by atoms with Gasteiger partial charge in [0.2, 0.25) is 0 Å². The summed E-state index contributed by atoms with van der Waals surface area (Å²) in [5.41, 5.74) is 2.37. The molecular weight excluding hydrogens is 383 g/mol. The van der Waals surface area contributed by atoms with Crippen molar-refractivity contribution in [1.82, 2.24) is 0 Å². The van der Waals surface area contributed by atoms with Crippen molar-refractivity contribution in [3.05, 3.63) is 53.3 Å². The molecule has 2 aliphatic heterocycles. The van der Waals surface area contributed by atoms with E-state index < -0.39 is 15.8 Å². The molecule has 2 aromatic carbocycles. The third kappa shape index (κ3) is 3.49. The highest BCUT2D eigenvalue weighted by Gasteiger charge is 2.32. The predicted molar refractivity (Wildman–Crippen MR) is 103 cm³/mol. The van der Waals surface area contributed by atoms with Crippen molar-refractivity contribution in [2.75, 3.05) is 22.8 Å². The van der Waals surface area contributed by atoms with E-state index in [0.717, 1.165) is 30.2 Å². The molecule has 1 fully saturated rings. The number of hydrogen-bond donors (Lipinski definition) is 1. The SMILES string of the molecule is Cc1cc(S(=O)(=O)Nc2ccc3c(c2)CCN3C(=O)C2CCCO2)ccc1F. The molecule has 2 aliphatic rings. The largest absolute Gasteiger partial charge is 0.368 e. The summed E-state index contributed by atoms with van der Waals surface area (Å²) in [6.45, 7) is 2.69. The Morgan fingerprint density at radius 1 is 1.25 bits per heavy atom. The molecule has 148 valence electrons. The van der Waals surface area contributed by atoms with Gasteiger partial charge in [-0.25, -0.2) is 12.8 Å². The Morgan fingerprint density at radius 3 is 2.79 bits per heavy atom. The molecule has 28 heavy (non-hydrogen) atoms. The number of aryl methyl sites for hydroxylation is 1. The minimum atomic E-state index is -3.83. The molecule has 2 aromatic rings. The van der Waals surface area contributed by atoms with Crippen molar-refractivity contribution in [2.24, 2.45) is 0 Å². The van der Waals surface area contributed by atoms with E-state index >= 15 is 0 Å². The third-order valence-corrected chi connectivity index (χ3v) is 6.52. The Balaban J connectivity index is 1.54. The minimum Gasteiger partial charge on any atom is -0.368 e. The highest BCUT2D eigenvalue weighted by atomic mass is 32.2. The van der Waals surface area contributed by atoms with Crippen LogP contribution in [-0.4, -0.2) is 33.6 Å². The van der Waals surface area contributed by atoms with Gasteiger partial charge in [0, 0.05) is 24.5 Å². The number of hydrogen-bond acceptors (Lipinski definition) is 4. The summed E-state index contributed by atoms with van der Waals surface area (Å²) < 4.78 is 46.6. The van der Waals surface area contributed by atoms with Crippen molar-refractivity contribution in [3.8, 4) is 0 Å². The smallest absolute Gasteiger partial charge is 0.261 e. The number of benzene rings is 2. The molecule has 0 radical (unpaired) electrons. The molecule has 1 N–H and O–H groups in total. The fourth-order valence-electron chi connectivity index (χ4n) is 3.64. The fraction of sp³-hybridized carbons (Fsp3) is 0.350. The molecule has 1 amide bonds. The monoisotopic (exact) mass is 404 g/mol. The number of carbonyl (C=O) groups is 1. The summed E-state index contributed by atoms with van der Waals surface area (Å²) in [6.07, 6.45) is 1.89. The Morgan fingerprint density at radius 2 is 2.07 bits per heavy atom. The summed E-state index contributed by atoms with van der Waals surface area (Å²) in [7, 11) is -3.83. The molecule has 0 saturated carbocycles. The van der Waals surface area contributed by atoms with Gasteiger partial charge in [-0.15, -0.1) is 0 Å². The first kappa shape index (κ1) is 18.9. The van der Waals surface area contributed by atoms with Crippen LogP contribution >= 0.6 is 0 Å². The van der Waals surface area contributed by atoms with Gasteiger partial charge >= 0.3 is 0 Å². The average Bonchev–Trinajstić information content (AvgIpc) is 3.32. The standard InChI is InChI=1S/C20H21FN2O4S/c1-13-11-16(5-6-17(13)21)28(25,26)22-15-4-7-18-14(12-15)8-9-23(18)20(24)19-3-2-10-27-19/h4-7,11-12,19,22H,2-3,8-10H2,1H3. The van der Waals surface area contributed by atoms with Gasteiger partial charge in [-0.3, -0.25) is 9.52 Å². The van der Waals surface area contributed by atoms with Crippen LogP contribution in [0.2, 0.25) is 0 Å². The lowest BCUT2D eigenvalue weighted by Gasteiger charge is -2.21. The summed E-state index contributed by atoms with van der Waals surface area (Å²) in [5.74, 6) is -0.487. The number of ether oxygens (including phenoxy) is 1. The van der Waals surface area contributed by atoms with Gasteiger partial charge in [-0.2, -0.15) is 0 Å². The molecule has 0 spiro atoms. The molecule has 8 heteroatoms. The fourth-order valence-corrected chi connectivity index (χ4v) is 4.77. The van der Waals surface area contributed by atoms with Crippen molar-refractivity contribution in [1.29, 1.82) is 0 Å². The first-order valence-electron chi connectivity index (χ1n) is 9.20. The zero-order valence-corrected chi connectivity index (χ0v) is 16.3. The maximum Gasteiger partial charge on any atom is 0.261 e. The second kappa shape index (κ2) is 7.18. The van der Waals surface area contributed by atoms with Crippen LogP contribution in [0.3, 0.4) is 0 Å². The van der Waals surface area contributed by atoms with E-state index in [9.17, 15) is 17.6 Å². The highest BCUT2D eigenvalue weighted by molar-refractivity contribution is 7.92. The van der Waals surface area contributed by atoms with E-state index in [1.807, 2.05) is 0 Å². The number of carbonyl (C=O) groups excluding carboxylic acids is 1. The Labute approximate surface area is 163 Å². The summed E-state index contributed by atoms with van der Waals surface area (Å²) in [6, 6.07) is 8.80. The van der Waals surface area contributed by atoms with E-state index in [4.69, 9.17) is 4.74 Å². The summed E-state index contributed by atoms with van der Waals surface area (Å²) in [5, 5.41) is 0. The third-order valence-electron chi connectivity index (χ3n) is 5.14. The Kier molecular flexibility index (Phi) is 4.84. The number of amides is 1. The van der Waals surface area contributed by atoms with Gasteiger partial charge in [0.1, 0.15) is 11.9 Å². The second-order valence-corrected chi connectivity index (χ2v) is 8.78. The number of sulfonamides is 1. The molecule has 1 saturated heterocycles. The number of rotatable bonds is 4. The van der Waals surface area contributed by atoms with Crippen LogP contribution in [0.15, 0.2) is 41.3 Å². The first-order valence-corrected chi connectivity index (χ1v) is 10.7. The maximum absolute atomic E-state index is 13.4. The first-order chi connectivity index (χ1) is 13.3. The van der Waals surface area contributed by atoms with Gasteiger partial charge in [-0.05, 0) is 73.7 Å². The lowest BCUT2D eigenvalue weighted by Crippen LogP contribution is -2.37. The van der Waals surface area contributed by atoms with Gasteiger partial charge < -0.3 is 9.64 Å². The molecule has 0 aromatic heterocycles. The van der Waals surface area contributed by atoms with Gasteiger partial charge in [0.05, 0.1) is 4.90 Å². The van der Waals surface area contributed by atoms with Gasteiger partial charge in [-0.1, -0.05) is 0 Å². The van der Waals surface area contributed by atoms with Crippen LogP contribution in [0.1, 0.15) is 24.0 Å². The van der Waals surface area contributed by atoms with Crippen LogP contribution < -0.4 is 9.62 Å². The molecule has 1 unspecified atom stereocenters. The lowest BCUT2D eigenvalue weighted by molar-refractivity contribution is -0.127. The van der Waals surface area contributed by atoms with E-state index in [1.165, 1.54) is 19.1 Å². The van der Waals surface area contributed by atoms with Crippen LogP contribution in [0, 0.1) is 12.7 Å². The van der Waals surface area contributed by atoms with Crippen molar-refractivity contribution < 1.29 is 22.3 Å². The highest BCUT2D eigenvalue weighted by Crippen LogP contribution is 2.33. The van der Waals surface area contributed by atoms with Gasteiger partial charge in [0.15, 0.2) is 0 Å². The van der Waals surface area contributed by atoms with Crippen LogP contribution in [0.4, 0.5) is 15.8 Å². The normalized spacial score (nSPS) is 18.9. The van der Waals surface area contributed by atoms with Crippen molar-refractivity contribution >= 4 is 27.3 Å². The zero-order chi connectivity index (χ0) is 19.9. The van der Waals surface area contributed by atoms with Crippen LogP contribution in [0.25, 0.3) is 0 Å². The van der Waals surface area contributed by atoms with Gasteiger partial charge in [0.25, 0.3) is 15.9 Å². The molecule has 0 aliphatic carbocycles. The second-order valence-electron chi connectivity index (χ2n) is 7.10.